The van der Waals surface area contributed by atoms with Gasteiger partial charge in [-0.3, -0.25) is 14.5 Å². The van der Waals surface area contributed by atoms with Gasteiger partial charge in [0.1, 0.15) is 13.2 Å². The fraction of sp³-hybridized carbons (Fsp3) is 0.440. The van der Waals surface area contributed by atoms with Crippen LogP contribution in [0.1, 0.15) is 53.6 Å². The molecule has 2 aliphatic rings. The molecule has 0 aromatic heterocycles. The summed E-state index contributed by atoms with van der Waals surface area (Å²) in [6.07, 6.45) is 4.17. The lowest BCUT2D eigenvalue weighted by molar-refractivity contribution is -0.121. The van der Waals surface area contributed by atoms with Crippen molar-refractivity contribution in [2.45, 2.75) is 45.2 Å². The zero-order valence-corrected chi connectivity index (χ0v) is 17.9. The van der Waals surface area contributed by atoms with Crippen molar-refractivity contribution in [1.82, 2.24) is 10.2 Å². The number of hydrogen-bond acceptors (Lipinski definition) is 5. The Kier molecular flexibility index (Phi) is 7.20. The Morgan fingerprint density at radius 3 is 2.42 bits per heavy atom. The van der Waals surface area contributed by atoms with Gasteiger partial charge in [0.2, 0.25) is 5.91 Å². The van der Waals surface area contributed by atoms with Gasteiger partial charge in [0.25, 0.3) is 0 Å². The first kappa shape index (κ1) is 21.4. The second kappa shape index (κ2) is 10.4. The summed E-state index contributed by atoms with van der Waals surface area (Å²) in [6, 6.07) is 13.4. The molecule has 1 fully saturated rings. The first-order valence-electron chi connectivity index (χ1n) is 11.2. The average molecular weight is 423 g/mol. The molecule has 0 saturated carbocycles. The van der Waals surface area contributed by atoms with Crippen LogP contribution in [0.3, 0.4) is 0 Å². The molecule has 4 rings (SSSR count). The molecule has 0 aliphatic carbocycles. The Hall–Kier alpha value is -2.86. The highest BCUT2D eigenvalue weighted by Crippen LogP contribution is 2.31. The van der Waals surface area contributed by atoms with E-state index in [4.69, 9.17) is 9.47 Å². The molecular formula is C25H30N2O4. The molecule has 1 saturated heterocycles. The zero-order chi connectivity index (χ0) is 21.5. The molecule has 0 unspecified atom stereocenters. The van der Waals surface area contributed by atoms with Crippen LogP contribution in [-0.2, 0) is 17.9 Å². The SMILES string of the molecule is O=C(CCC(=O)c1ccc2c(c1)OCCO2)NCc1ccccc1CN1CCCCC1. The molecule has 2 aliphatic heterocycles. The number of Topliss-reactive ketones (excluding diaryl/α,β-unsaturated/α-hetero) is 1. The number of carbonyl (C=O) groups is 2. The monoisotopic (exact) mass is 422 g/mol. The van der Waals surface area contributed by atoms with Gasteiger partial charge in [-0.2, -0.15) is 0 Å². The molecule has 1 amide bonds. The quantitative estimate of drug-likeness (QED) is 0.657. The minimum atomic E-state index is -0.112. The number of nitrogens with zero attached hydrogens (tertiary/aromatic N) is 1. The van der Waals surface area contributed by atoms with Crippen LogP contribution in [0, 0.1) is 0 Å². The van der Waals surface area contributed by atoms with Gasteiger partial charge in [0, 0.05) is 31.5 Å². The van der Waals surface area contributed by atoms with Crippen molar-refractivity contribution in [1.29, 1.82) is 0 Å². The van der Waals surface area contributed by atoms with E-state index in [0.717, 1.165) is 25.2 Å². The Labute approximate surface area is 183 Å². The molecule has 6 nitrogen and oxygen atoms in total. The maximum Gasteiger partial charge on any atom is 0.220 e. The average Bonchev–Trinajstić information content (AvgIpc) is 2.82. The van der Waals surface area contributed by atoms with Crippen molar-refractivity contribution >= 4 is 11.7 Å². The van der Waals surface area contributed by atoms with Crippen LogP contribution in [0.2, 0.25) is 0 Å². The number of fused-ring (bicyclic) bond motifs is 1. The number of amides is 1. The van der Waals surface area contributed by atoms with Crippen LogP contribution in [-0.4, -0.2) is 42.9 Å². The summed E-state index contributed by atoms with van der Waals surface area (Å²) in [4.78, 5) is 27.4. The molecule has 1 N–H and O–H groups in total. The Bertz CT molecular complexity index is 921. The van der Waals surface area contributed by atoms with Crippen LogP contribution in [0.25, 0.3) is 0 Å². The lowest BCUT2D eigenvalue weighted by Gasteiger charge is -2.27. The highest BCUT2D eigenvalue weighted by molar-refractivity contribution is 5.98. The maximum atomic E-state index is 12.5. The van der Waals surface area contributed by atoms with Gasteiger partial charge >= 0.3 is 0 Å². The minimum absolute atomic E-state index is 0.0716. The molecule has 0 bridgehead atoms. The van der Waals surface area contributed by atoms with E-state index in [1.165, 1.54) is 24.8 Å². The van der Waals surface area contributed by atoms with Gasteiger partial charge in [-0.15, -0.1) is 0 Å². The number of benzene rings is 2. The Balaban J connectivity index is 1.26. The second-order valence-electron chi connectivity index (χ2n) is 8.16. The summed E-state index contributed by atoms with van der Waals surface area (Å²) in [7, 11) is 0. The number of ketones is 1. The van der Waals surface area contributed by atoms with Crippen LogP contribution in [0.5, 0.6) is 11.5 Å². The van der Waals surface area contributed by atoms with E-state index in [0.29, 0.717) is 36.8 Å². The van der Waals surface area contributed by atoms with Gasteiger partial charge in [-0.25, -0.2) is 0 Å². The molecule has 0 spiro atoms. The van der Waals surface area contributed by atoms with Crippen molar-refractivity contribution in [2.75, 3.05) is 26.3 Å². The fourth-order valence-electron chi connectivity index (χ4n) is 4.11. The third-order valence-electron chi connectivity index (χ3n) is 5.88. The molecule has 6 heteroatoms. The lowest BCUT2D eigenvalue weighted by atomic mass is 10.0. The van der Waals surface area contributed by atoms with Crippen molar-refractivity contribution in [2.24, 2.45) is 0 Å². The summed E-state index contributed by atoms with van der Waals surface area (Å²) >= 11 is 0. The number of likely N-dealkylation sites (tertiary alicyclic amines) is 1. The van der Waals surface area contributed by atoms with E-state index in [2.05, 4.69) is 28.4 Å². The standard InChI is InChI=1S/C25H30N2O4/c28-22(19-8-10-23-24(16-19)31-15-14-30-23)9-11-25(29)26-17-20-6-2-3-7-21(20)18-27-12-4-1-5-13-27/h2-3,6-8,10,16H,1,4-5,9,11-15,17-18H2,(H,26,29). The van der Waals surface area contributed by atoms with Crippen molar-refractivity contribution < 1.29 is 19.1 Å². The largest absolute Gasteiger partial charge is 0.486 e. The minimum Gasteiger partial charge on any atom is -0.486 e. The first-order chi connectivity index (χ1) is 15.2. The summed E-state index contributed by atoms with van der Waals surface area (Å²) in [6.45, 7) is 4.69. The molecule has 0 radical (unpaired) electrons. The number of nitrogens with one attached hydrogen (secondary N) is 1. The van der Waals surface area contributed by atoms with E-state index < -0.39 is 0 Å². The first-order valence-corrected chi connectivity index (χ1v) is 11.2. The number of hydrogen-bond donors (Lipinski definition) is 1. The summed E-state index contributed by atoms with van der Waals surface area (Å²) in [5.74, 6) is 1.06. The maximum absolute atomic E-state index is 12.5. The predicted octanol–water partition coefficient (Wildman–Crippen LogP) is 3.72. The fourth-order valence-corrected chi connectivity index (χ4v) is 4.11. The normalized spacial score (nSPS) is 16.0. The van der Waals surface area contributed by atoms with E-state index in [-0.39, 0.29) is 24.5 Å². The molecule has 164 valence electrons. The predicted molar refractivity (Wildman–Crippen MR) is 118 cm³/mol. The number of carbonyl (C=O) groups excluding carboxylic acids is 2. The van der Waals surface area contributed by atoms with Gasteiger partial charge in [0.15, 0.2) is 17.3 Å². The number of piperidine rings is 1. The molecule has 2 heterocycles. The molecule has 31 heavy (non-hydrogen) atoms. The van der Waals surface area contributed by atoms with Crippen LogP contribution in [0.15, 0.2) is 42.5 Å². The van der Waals surface area contributed by atoms with E-state index in [1.807, 2.05) is 6.07 Å². The number of rotatable bonds is 8. The smallest absolute Gasteiger partial charge is 0.220 e. The molecule has 2 aromatic rings. The topological polar surface area (TPSA) is 67.9 Å². The molecule has 0 atom stereocenters. The third kappa shape index (κ3) is 5.85. The summed E-state index contributed by atoms with van der Waals surface area (Å²) in [5, 5.41) is 2.98. The Morgan fingerprint density at radius 1 is 0.871 bits per heavy atom. The van der Waals surface area contributed by atoms with Crippen molar-refractivity contribution in [3.63, 3.8) is 0 Å². The van der Waals surface area contributed by atoms with Gasteiger partial charge in [-0.05, 0) is 55.3 Å². The van der Waals surface area contributed by atoms with Gasteiger partial charge in [0.05, 0.1) is 0 Å². The van der Waals surface area contributed by atoms with Crippen LogP contribution in [0.4, 0.5) is 0 Å². The van der Waals surface area contributed by atoms with E-state index in [9.17, 15) is 9.59 Å². The van der Waals surface area contributed by atoms with Gasteiger partial charge < -0.3 is 14.8 Å². The van der Waals surface area contributed by atoms with Gasteiger partial charge in [-0.1, -0.05) is 30.7 Å². The van der Waals surface area contributed by atoms with E-state index in [1.54, 1.807) is 18.2 Å². The van der Waals surface area contributed by atoms with Crippen molar-refractivity contribution in [3.8, 4) is 11.5 Å². The highest BCUT2D eigenvalue weighted by atomic mass is 16.6. The molecule has 2 aromatic carbocycles. The van der Waals surface area contributed by atoms with E-state index >= 15 is 0 Å². The lowest BCUT2D eigenvalue weighted by Crippen LogP contribution is -2.30. The summed E-state index contributed by atoms with van der Waals surface area (Å²) in [5.41, 5.74) is 2.94. The second-order valence-corrected chi connectivity index (χ2v) is 8.16. The Morgan fingerprint density at radius 2 is 1.61 bits per heavy atom. The molecular weight excluding hydrogens is 392 g/mol. The third-order valence-corrected chi connectivity index (χ3v) is 5.88. The van der Waals surface area contributed by atoms with Crippen molar-refractivity contribution in [3.05, 3.63) is 59.2 Å². The number of ether oxygens (including phenoxy) is 2. The zero-order valence-electron chi connectivity index (χ0n) is 17.9. The van der Waals surface area contributed by atoms with Crippen LogP contribution >= 0.6 is 0 Å². The summed E-state index contributed by atoms with van der Waals surface area (Å²) < 4.78 is 11.0. The van der Waals surface area contributed by atoms with Crippen LogP contribution < -0.4 is 14.8 Å². The highest BCUT2D eigenvalue weighted by Gasteiger charge is 2.16.